The third-order valence-corrected chi connectivity index (χ3v) is 5.37. The fraction of sp³-hybridized carbons (Fsp3) is 0.167. The molecule has 0 radical (unpaired) electrons. The molecule has 90 valence electrons. The third-order valence-electron chi connectivity index (χ3n) is 2.38. The molecule has 0 fully saturated rings. The van der Waals surface area contributed by atoms with Crippen molar-refractivity contribution >= 4 is 60.5 Å². The third kappa shape index (κ3) is 3.25. The van der Waals surface area contributed by atoms with Gasteiger partial charge in [0, 0.05) is 18.8 Å². The van der Waals surface area contributed by atoms with E-state index in [1.165, 1.54) is 4.88 Å². The Kier molecular flexibility index (Phi) is 4.53. The van der Waals surface area contributed by atoms with Gasteiger partial charge in [0.2, 0.25) is 0 Å². The average Bonchev–Trinajstić information content (AvgIpc) is 2.68. The number of hydrogen-bond acceptors (Lipinski definition) is 2. The largest absolute Gasteiger partial charge is 0.379 e. The van der Waals surface area contributed by atoms with Gasteiger partial charge in [-0.15, -0.1) is 11.3 Å². The molecule has 1 heterocycles. The second kappa shape index (κ2) is 5.74. The zero-order valence-corrected chi connectivity index (χ0v) is 13.8. The molecular weight excluding hydrogens is 385 g/mol. The van der Waals surface area contributed by atoms with Crippen LogP contribution in [-0.2, 0) is 6.54 Å². The van der Waals surface area contributed by atoms with E-state index in [0.29, 0.717) is 0 Å². The van der Waals surface area contributed by atoms with Crippen molar-refractivity contribution in [2.45, 2.75) is 13.5 Å². The smallest absolute Gasteiger partial charge is 0.0505 e. The predicted octanol–water partition coefficient (Wildman–Crippen LogP) is 5.85. The lowest BCUT2D eigenvalue weighted by atomic mass is 10.2. The molecular formula is C12H10Br2ClNS. The molecule has 0 unspecified atom stereocenters. The Balaban J connectivity index is 2.14. The summed E-state index contributed by atoms with van der Waals surface area (Å²) in [7, 11) is 0. The number of aryl methyl sites for hydroxylation is 1. The molecule has 0 aliphatic heterocycles. The van der Waals surface area contributed by atoms with Crippen molar-refractivity contribution in [2.24, 2.45) is 0 Å². The minimum absolute atomic E-state index is 0.779. The van der Waals surface area contributed by atoms with E-state index in [2.05, 4.69) is 48.6 Å². The summed E-state index contributed by atoms with van der Waals surface area (Å²) in [6, 6.07) is 6.02. The highest BCUT2D eigenvalue weighted by Crippen LogP contribution is 2.30. The highest BCUT2D eigenvalue weighted by atomic mass is 79.9. The van der Waals surface area contributed by atoms with E-state index in [1.54, 1.807) is 11.3 Å². The van der Waals surface area contributed by atoms with Crippen molar-refractivity contribution in [3.8, 4) is 0 Å². The lowest BCUT2D eigenvalue weighted by molar-refractivity contribution is 1.18. The maximum Gasteiger partial charge on any atom is 0.0505 e. The molecule has 0 aliphatic carbocycles. The zero-order chi connectivity index (χ0) is 12.4. The topological polar surface area (TPSA) is 12.0 Å². The van der Waals surface area contributed by atoms with Gasteiger partial charge in [0.15, 0.2) is 0 Å². The van der Waals surface area contributed by atoms with Crippen molar-refractivity contribution in [1.82, 2.24) is 0 Å². The summed E-state index contributed by atoms with van der Waals surface area (Å²) in [6.45, 7) is 2.78. The molecule has 5 heteroatoms. The van der Waals surface area contributed by atoms with Crippen LogP contribution in [-0.4, -0.2) is 0 Å². The summed E-state index contributed by atoms with van der Waals surface area (Å²) in [5.41, 5.74) is 2.09. The van der Waals surface area contributed by atoms with Crippen molar-refractivity contribution in [3.63, 3.8) is 0 Å². The van der Waals surface area contributed by atoms with Crippen molar-refractivity contribution in [1.29, 1.82) is 0 Å². The second-order valence-electron chi connectivity index (χ2n) is 3.63. The van der Waals surface area contributed by atoms with Gasteiger partial charge in [0.25, 0.3) is 0 Å². The maximum absolute atomic E-state index is 6.11. The molecule has 0 atom stereocenters. The monoisotopic (exact) mass is 393 g/mol. The van der Waals surface area contributed by atoms with Crippen LogP contribution in [0.4, 0.5) is 5.69 Å². The standard InChI is InChI=1S/C12H10Br2ClNS/c1-7-4-9(14)11(5-10(7)15)16-6-12-8(13)2-3-17-12/h2-5,16H,6H2,1H3. The molecule has 0 bridgehead atoms. The molecule has 1 N–H and O–H groups in total. The van der Waals surface area contributed by atoms with Gasteiger partial charge in [-0.1, -0.05) is 11.6 Å². The first-order valence-electron chi connectivity index (χ1n) is 4.99. The van der Waals surface area contributed by atoms with Gasteiger partial charge in [0.1, 0.15) is 0 Å². The Morgan fingerprint density at radius 2 is 2.06 bits per heavy atom. The summed E-state index contributed by atoms with van der Waals surface area (Å²) >= 11 is 14.9. The average molecular weight is 396 g/mol. The first-order valence-corrected chi connectivity index (χ1v) is 7.83. The molecule has 2 rings (SSSR count). The van der Waals surface area contributed by atoms with Gasteiger partial charge in [-0.2, -0.15) is 0 Å². The summed E-state index contributed by atoms with van der Waals surface area (Å²) in [6.07, 6.45) is 0. The molecule has 1 aromatic heterocycles. The number of anilines is 1. The van der Waals surface area contributed by atoms with E-state index in [0.717, 1.165) is 31.8 Å². The lowest BCUT2D eigenvalue weighted by Crippen LogP contribution is -1.99. The molecule has 0 aliphatic rings. The minimum Gasteiger partial charge on any atom is -0.379 e. The van der Waals surface area contributed by atoms with Gasteiger partial charge < -0.3 is 5.32 Å². The summed E-state index contributed by atoms with van der Waals surface area (Å²) in [5, 5.41) is 6.22. The second-order valence-corrected chi connectivity index (χ2v) is 6.74. The van der Waals surface area contributed by atoms with Crippen LogP contribution in [0.15, 0.2) is 32.5 Å². The van der Waals surface area contributed by atoms with E-state index >= 15 is 0 Å². The molecule has 0 saturated carbocycles. The Bertz CT molecular complexity index is 539. The lowest BCUT2D eigenvalue weighted by Gasteiger charge is -2.10. The van der Waals surface area contributed by atoms with E-state index in [9.17, 15) is 0 Å². The first kappa shape index (κ1) is 13.4. The van der Waals surface area contributed by atoms with Crippen LogP contribution in [0, 0.1) is 6.92 Å². The molecule has 0 amide bonds. The summed E-state index contributed by atoms with van der Waals surface area (Å²) in [4.78, 5) is 1.27. The molecule has 1 nitrogen and oxygen atoms in total. The van der Waals surface area contributed by atoms with Gasteiger partial charge in [0.05, 0.1) is 12.2 Å². The fourth-order valence-corrected chi connectivity index (χ4v) is 3.60. The number of hydrogen-bond donors (Lipinski definition) is 1. The van der Waals surface area contributed by atoms with Crippen LogP contribution in [0.1, 0.15) is 10.4 Å². The summed E-state index contributed by atoms with van der Waals surface area (Å²) in [5.74, 6) is 0. The van der Waals surface area contributed by atoms with Gasteiger partial charge in [-0.05, 0) is 67.9 Å². The van der Waals surface area contributed by atoms with Crippen molar-refractivity contribution in [3.05, 3.63) is 48.0 Å². The van der Waals surface area contributed by atoms with Crippen LogP contribution in [0.2, 0.25) is 5.02 Å². The zero-order valence-electron chi connectivity index (χ0n) is 9.06. The maximum atomic E-state index is 6.11. The molecule has 17 heavy (non-hydrogen) atoms. The van der Waals surface area contributed by atoms with Crippen LogP contribution in [0.3, 0.4) is 0 Å². The Morgan fingerprint density at radius 1 is 1.29 bits per heavy atom. The highest BCUT2D eigenvalue weighted by molar-refractivity contribution is 9.11. The first-order chi connectivity index (χ1) is 8.08. The predicted molar refractivity (Wildman–Crippen MR) is 83.2 cm³/mol. The van der Waals surface area contributed by atoms with E-state index < -0.39 is 0 Å². The molecule has 1 aromatic carbocycles. The van der Waals surface area contributed by atoms with Crippen molar-refractivity contribution in [2.75, 3.05) is 5.32 Å². The van der Waals surface area contributed by atoms with Crippen LogP contribution in [0.5, 0.6) is 0 Å². The van der Waals surface area contributed by atoms with E-state index in [4.69, 9.17) is 11.6 Å². The van der Waals surface area contributed by atoms with Crippen LogP contribution < -0.4 is 5.32 Å². The number of rotatable bonds is 3. The summed E-state index contributed by atoms with van der Waals surface area (Å²) < 4.78 is 2.18. The Hall–Kier alpha value is -0.0300. The van der Waals surface area contributed by atoms with Crippen molar-refractivity contribution < 1.29 is 0 Å². The van der Waals surface area contributed by atoms with Gasteiger partial charge in [-0.25, -0.2) is 0 Å². The molecule has 0 saturated heterocycles. The number of nitrogens with one attached hydrogen (secondary N) is 1. The number of thiophene rings is 1. The minimum atomic E-state index is 0.779. The molecule has 2 aromatic rings. The Labute approximate surface area is 126 Å². The van der Waals surface area contributed by atoms with E-state index in [1.807, 2.05) is 19.1 Å². The number of halogens is 3. The fourth-order valence-electron chi connectivity index (χ4n) is 1.41. The van der Waals surface area contributed by atoms with Crippen LogP contribution >= 0.6 is 54.8 Å². The normalized spacial score (nSPS) is 10.6. The highest BCUT2D eigenvalue weighted by Gasteiger charge is 2.06. The number of benzene rings is 1. The van der Waals surface area contributed by atoms with Gasteiger partial charge in [-0.3, -0.25) is 0 Å². The SMILES string of the molecule is Cc1cc(Br)c(NCc2sccc2Br)cc1Cl. The van der Waals surface area contributed by atoms with Gasteiger partial charge >= 0.3 is 0 Å². The van der Waals surface area contributed by atoms with E-state index in [-0.39, 0.29) is 0 Å². The molecule has 0 spiro atoms. The Morgan fingerprint density at radius 3 is 2.71 bits per heavy atom. The van der Waals surface area contributed by atoms with Crippen LogP contribution in [0.25, 0.3) is 0 Å². The quantitative estimate of drug-likeness (QED) is 0.688.